The van der Waals surface area contributed by atoms with E-state index in [0.29, 0.717) is 0 Å². The number of alkyl halides is 1. The maximum atomic E-state index is 12.6. The molecule has 1 rings (SSSR count). The van der Waals surface area contributed by atoms with Crippen LogP contribution in [0.1, 0.15) is 11.1 Å². The molecule has 0 radical (unpaired) electrons. The molecule has 62 valence electrons. The average molecular weight is 169 g/mol. The van der Waals surface area contributed by atoms with E-state index in [-0.39, 0.29) is 11.1 Å². The minimum absolute atomic E-state index is 0.202. The number of phenolic OH excluding ortho intramolecular Hbond substituents is 1. The summed E-state index contributed by atoms with van der Waals surface area (Å²) in [4.78, 5) is 0. The topological polar surface area (TPSA) is 44.0 Å². The zero-order chi connectivity index (χ0) is 9.14. The van der Waals surface area contributed by atoms with Gasteiger partial charge in [0.25, 0.3) is 0 Å². The number of nitriles is 1. The summed E-state index contributed by atoms with van der Waals surface area (Å²) in [7, 11) is 0. The Morgan fingerprint density at radius 3 is 2.67 bits per heavy atom. The van der Waals surface area contributed by atoms with Gasteiger partial charge in [-0.05, 0) is 12.1 Å². The Hall–Kier alpha value is -1.63. The minimum atomic E-state index is -0.988. The van der Waals surface area contributed by atoms with Crippen molar-refractivity contribution < 1.29 is 13.9 Å². The van der Waals surface area contributed by atoms with Crippen LogP contribution in [0.4, 0.5) is 8.78 Å². The van der Waals surface area contributed by atoms with Gasteiger partial charge in [-0.2, -0.15) is 5.26 Å². The first-order valence-electron chi connectivity index (χ1n) is 3.16. The van der Waals surface area contributed by atoms with Crippen molar-refractivity contribution in [1.82, 2.24) is 0 Å². The third-order valence-corrected chi connectivity index (χ3v) is 1.42. The highest BCUT2D eigenvalue weighted by Crippen LogP contribution is 2.23. The largest absolute Gasteiger partial charge is 0.506 e. The zero-order valence-corrected chi connectivity index (χ0v) is 6.01. The lowest BCUT2D eigenvalue weighted by Crippen LogP contribution is -1.87. The molecule has 1 N–H and O–H groups in total. The van der Waals surface area contributed by atoms with Crippen LogP contribution < -0.4 is 0 Å². The molecule has 0 bridgehead atoms. The van der Waals surface area contributed by atoms with E-state index in [4.69, 9.17) is 10.4 Å². The van der Waals surface area contributed by atoms with E-state index in [2.05, 4.69) is 0 Å². The van der Waals surface area contributed by atoms with Gasteiger partial charge in [-0.3, -0.25) is 0 Å². The Morgan fingerprint density at radius 1 is 1.50 bits per heavy atom. The van der Waals surface area contributed by atoms with Gasteiger partial charge >= 0.3 is 0 Å². The maximum Gasteiger partial charge on any atom is 0.139 e. The number of phenols is 1. The van der Waals surface area contributed by atoms with Crippen LogP contribution in [-0.4, -0.2) is 5.11 Å². The van der Waals surface area contributed by atoms with Crippen molar-refractivity contribution >= 4 is 0 Å². The van der Waals surface area contributed by atoms with Crippen LogP contribution in [0.5, 0.6) is 5.75 Å². The van der Waals surface area contributed by atoms with Gasteiger partial charge in [0.1, 0.15) is 24.3 Å². The van der Waals surface area contributed by atoms with Gasteiger partial charge in [-0.25, -0.2) is 8.78 Å². The summed E-state index contributed by atoms with van der Waals surface area (Å²) < 4.78 is 24.6. The first-order valence-corrected chi connectivity index (χ1v) is 3.16. The third-order valence-electron chi connectivity index (χ3n) is 1.42. The summed E-state index contributed by atoms with van der Waals surface area (Å²) in [5.74, 6) is -1.21. The number of rotatable bonds is 1. The molecule has 0 aliphatic rings. The van der Waals surface area contributed by atoms with E-state index in [1.54, 1.807) is 6.07 Å². The van der Waals surface area contributed by atoms with Crippen LogP contribution in [-0.2, 0) is 6.67 Å². The monoisotopic (exact) mass is 169 g/mol. The second-order valence-corrected chi connectivity index (χ2v) is 2.21. The molecule has 1 aromatic carbocycles. The van der Waals surface area contributed by atoms with Gasteiger partial charge in [-0.1, -0.05) is 0 Å². The molecule has 0 fully saturated rings. The van der Waals surface area contributed by atoms with E-state index >= 15 is 0 Å². The minimum Gasteiger partial charge on any atom is -0.506 e. The highest BCUT2D eigenvalue weighted by atomic mass is 19.1. The smallest absolute Gasteiger partial charge is 0.139 e. The molecule has 0 aliphatic carbocycles. The van der Waals surface area contributed by atoms with Gasteiger partial charge in [-0.15, -0.1) is 0 Å². The Labute approximate surface area is 67.7 Å². The van der Waals surface area contributed by atoms with Crippen molar-refractivity contribution in [3.05, 3.63) is 29.1 Å². The second kappa shape index (κ2) is 3.18. The quantitative estimate of drug-likeness (QED) is 0.697. The zero-order valence-electron chi connectivity index (χ0n) is 6.01. The lowest BCUT2D eigenvalue weighted by atomic mass is 10.1. The fraction of sp³-hybridized carbons (Fsp3) is 0.125. The summed E-state index contributed by atoms with van der Waals surface area (Å²) in [5, 5.41) is 17.4. The Morgan fingerprint density at radius 2 is 2.17 bits per heavy atom. The number of aromatic hydroxyl groups is 1. The van der Waals surface area contributed by atoms with Gasteiger partial charge < -0.3 is 5.11 Å². The first kappa shape index (κ1) is 8.47. The average Bonchev–Trinajstić information content (AvgIpc) is 2.08. The normalized spacial score (nSPS) is 9.42. The Balaban J connectivity index is 3.34. The van der Waals surface area contributed by atoms with Crippen molar-refractivity contribution in [2.75, 3.05) is 0 Å². The molecule has 12 heavy (non-hydrogen) atoms. The molecule has 4 heteroatoms. The molecule has 0 atom stereocenters. The SMILES string of the molecule is N#Cc1cc(F)cc(CF)c1O. The number of benzene rings is 1. The summed E-state index contributed by atoms with van der Waals surface area (Å²) in [5.41, 5.74) is -0.450. The van der Waals surface area contributed by atoms with Gasteiger partial charge in [0, 0.05) is 5.56 Å². The molecule has 0 amide bonds. The Bertz CT molecular complexity index is 344. The van der Waals surface area contributed by atoms with Crippen LogP contribution in [0.2, 0.25) is 0 Å². The summed E-state index contributed by atoms with van der Waals surface area (Å²) in [6.07, 6.45) is 0. The molecule has 2 nitrogen and oxygen atoms in total. The first-order chi connectivity index (χ1) is 5.69. The summed E-state index contributed by atoms with van der Waals surface area (Å²) >= 11 is 0. The predicted octanol–water partition coefficient (Wildman–Crippen LogP) is 1.87. The number of hydrogen-bond donors (Lipinski definition) is 1. The lowest BCUT2D eigenvalue weighted by molar-refractivity contribution is 0.428. The van der Waals surface area contributed by atoms with Gasteiger partial charge in [0.2, 0.25) is 0 Å². The molecule has 0 saturated carbocycles. The molecule has 0 aromatic heterocycles. The van der Waals surface area contributed by atoms with E-state index in [9.17, 15) is 8.78 Å². The number of halogens is 2. The summed E-state index contributed by atoms with van der Waals surface area (Å²) in [6.45, 7) is -0.988. The molecule has 0 heterocycles. The number of hydrogen-bond acceptors (Lipinski definition) is 2. The molecule has 0 saturated heterocycles. The highest BCUT2D eigenvalue weighted by Gasteiger charge is 2.08. The Kier molecular flexibility index (Phi) is 2.24. The summed E-state index contributed by atoms with van der Waals surface area (Å²) in [6, 6.07) is 3.27. The van der Waals surface area contributed by atoms with E-state index in [1.807, 2.05) is 0 Å². The standard InChI is InChI=1S/C8H5F2NO/c9-3-5-1-7(10)2-6(4-11)8(5)12/h1-2,12H,3H2. The van der Waals surface area contributed by atoms with Crippen LogP contribution >= 0.6 is 0 Å². The van der Waals surface area contributed by atoms with Gasteiger partial charge in [0.05, 0.1) is 5.56 Å². The molecule has 0 spiro atoms. The fourth-order valence-electron chi connectivity index (χ4n) is 0.843. The molecule has 1 aromatic rings. The second-order valence-electron chi connectivity index (χ2n) is 2.21. The highest BCUT2D eigenvalue weighted by molar-refractivity contribution is 5.47. The van der Waals surface area contributed by atoms with Crippen molar-refractivity contribution in [2.24, 2.45) is 0 Å². The van der Waals surface area contributed by atoms with Crippen molar-refractivity contribution in [3.63, 3.8) is 0 Å². The lowest BCUT2D eigenvalue weighted by Gasteiger charge is -2.01. The molecular formula is C8H5F2NO. The molecular weight excluding hydrogens is 164 g/mol. The van der Waals surface area contributed by atoms with Crippen LogP contribution in [0.25, 0.3) is 0 Å². The van der Waals surface area contributed by atoms with Crippen molar-refractivity contribution in [3.8, 4) is 11.8 Å². The molecule has 0 aliphatic heterocycles. The van der Waals surface area contributed by atoms with Crippen molar-refractivity contribution in [2.45, 2.75) is 6.67 Å². The maximum absolute atomic E-state index is 12.6. The van der Waals surface area contributed by atoms with E-state index in [1.165, 1.54) is 0 Å². The fourth-order valence-corrected chi connectivity index (χ4v) is 0.843. The number of nitrogens with zero attached hydrogens (tertiary/aromatic N) is 1. The van der Waals surface area contributed by atoms with E-state index < -0.39 is 18.2 Å². The van der Waals surface area contributed by atoms with Gasteiger partial charge in [0.15, 0.2) is 0 Å². The van der Waals surface area contributed by atoms with Crippen molar-refractivity contribution in [1.29, 1.82) is 5.26 Å². The van der Waals surface area contributed by atoms with Crippen LogP contribution in [0.3, 0.4) is 0 Å². The van der Waals surface area contributed by atoms with Crippen LogP contribution in [0.15, 0.2) is 12.1 Å². The molecule has 0 unspecified atom stereocenters. The predicted molar refractivity (Wildman–Crippen MR) is 37.6 cm³/mol. The van der Waals surface area contributed by atoms with Crippen LogP contribution in [0, 0.1) is 17.1 Å². The van der Waals surface area contributed by atoms with E-state index in [0.717, 1.165) is 12.1 Å². The third kappa shape index (κ3) is 1.35.